The van der Waals surface area contributed by atoms with Gasteiger partial charge in [-0.2, -0.15) is 4.31 Å². The van der Waals surface area contributed by atoms with Gasteiger partial charge in [-0.1, -0.05) is 36.4 Å². The maximum absolute atomic E-state index is 13.0. The summed E-state index contributed by atoms with van der Waals surface area (Å²) in [6, 6.07) is 21.0. The Morgan fingerprint density at radius 3 is 2.38 bits per heavy atom. The highest BCUT2D eigenvalue weighted by atomic mass is 32.2. The molecule has 6 heteroatoms. The van der Waals surface area contributed by atoms with E-state index in [-0.39, 0.29) is 4.90 Å². The van der Waals surface area contributed by atoms with Crippen molar-refractivity contribution in [1.82, 2.24) is 4.31 Å². The summed E-state index contributed by atoms with van der Waals surface area (Å²) >= 11 is 0. The number of sulfonamides is 1. The van der Waals surface area contributed by atoms with Gasteiger partial charge in [0.05, 0.1) is 10.5 Å². The predicted octanol–water partition coefficient (Wildman–Crippen LogP) is 3.96. The van der Waals surface area contributed by atoms with Gasteiger partial charge < -0.3 is 4.74 Å². The first-order valence-corrected chi connectivity index (χ1v) is 10.8. The lowest BCUT2D eigenvalue weighted by molar-refractivity contribution is 0.0734. The lowest BCUT2D eigenvalue weighted by Crippen LogP contribution is -2.35. The summed E-state index contributed by atoms with van der Waals surface area (Å²) in [6.07, 6.45) is 0.691. The number of benzene rings is 3. The molecule has 1 aliphatic rings. The molecule has 29 heavy (non-hydrogen) atoms. The Balaban J connectivity index is 1.50. The van der Waals surface area contributed by atoms with Gasteiger partial charge in [0.25, 0.3) is 0 Å². The Bertz CT molecular complexity index is 1150. The van der Waals surface area contributed by atoms with E-state index in [4.69, 9.17) is 4.74 Å². The van der Waals surface area contributed by atoms with Crippen LogP contribution < -0.4 is 4.74 Å². The number of carbonyl (C=O) groups excluding carboxylic acids is 1. The molecule has 148 valence electrons. The molecule has 0 unspecified atom stereocenters. The third-order valence-electron chi connectivity index (χ3n) is 5.02. The van der Waals surface area contributed by atoms with Crippen molar-refractivity contribution in [2.45, 2.75) is 24.8 Å². The van der Waals surface area contributed by atoms with Crippen LogP contribution in [0, 0.1) is 6.92 Å². The van der Waals surface area contributed by atoms with Gasteiger partial charge in [-0.05, 0) is 66.4 Å². The maximum atomic E-state index is 13.0. The zero-order chi connectivity index (χ0) is 20.4. The number of hydrogen-bond donors (Lipinski definition) is 0. The van der Waals surface area contributed by atoms with Crippen LogP contribution in [0.4, 0.5) is 0 Å². The number of carbonyl (C=O) groups is 1. The highest BCUT2D eigenvalue weighted by molar-refractivity contribution is 7.89. The predicted molar refractivity (Wildman–Crippen MR) is 110 cm³/mol. The maximum Gasteiger partial charge on any atom is 0.343 e. The summed E-state index contributed by atoms with van der Waals surface area (Å²) in [4.78, 5) is 12.5. The highest BCUT2D eigenvalue weighted by Crippen LogP contribution is 2.25. The van der Waals surface area contributed by atoms with Crippen LogP contribution in [0.15, 0.2) is 77.7 Å². The van der Waals surface area contributed by atoms with Gasteiger partial charge in [-0.25, -0.2) is 13.2 Å². The fraction of sp³-hybridized carbons (Fsp3) is 0.174. The second kappa shape index (κ2) is 7.81. The van der Waals surface area contributed by atoms with E-state index < -0.39 is 16.0 Å². The summed E-state index contributed by atoms with van der Waals surface area (Å²) in [5.74, 6) is -0.0647. The molecule has 0 bridgehead atoms. The number of esters is 1. The van der Waals surface area contributed by atoms with Gasteiger partial charge in [0.2, 0.25) is 10.0 Å². The van der Waals surface area contributed by atoms with Crippen LogP contribution in [-0.4, -0.2) is 25.2 Å². The molecule has 0 amide bonds. The average molecular weight is 407 g/mol. The van der Waals surface area contributed by atoms with Crippen LogP contribution in [0.1, 0.15) is 27.0 Å². The van der Waals surface area contributed by atoms with Gasteiger partial charge in [0.15, 0.2) is 0 Å². The zero-order valence-electron chi connectivity index (χ0n) is 16.0. The smallest absolute Gasteiger partial charge is 0.343 e. The number of hydrogen-bond acceptors (Lipinski definition) is 4. The minimum atomic E-state index is -3.63. The Labute approximate surface area is 170 Å². The minimum Gasteiger partial charge on any atom is -0.423 e. The van der Waals surface area contributed by atoms with E-state index in [0.29, 0.717) is 30.8 Å². The van der Waals surface area contributed by atoms with E-state index in [1.807, 2.05) is 43.3 Å². The highest BCUT2D eigenvalue weighted by Gasteiger charge is 2.28. The molecule has 0 aliphatic carbocycles. The van der Waals surface area contributed by atoms with Gasteiger partial charge in [0, 0.05) is 13.1 Å². The Kier molecular flexibility index (Phi) is 5.22. The molecule has 0 aromatic heterocycles. The van der Waals surface area contributed by atoms with Crippen LogP contribution >= 0.6 is 0 Å². The first-order chi connectivity index (χ1) is 13.9. The Hall–Kier alpha value is -2.96. The van der Waals surface area contributed by atoms with Crippen molar-refractivity contribution in [3.63, 3.8) is 0 Å². The molecule has 0 atom stereocenters. The van der Waals surface area contributed by atoms with E-state index >= 15 is 0 Å². The van der Waals surface area contributed by atoms with E-state index in [1.54, 1.807) is 12.1 Å². The van der Waals surface area contributed by atoms with E-state index in [1.165, 1.54) is 34.1 Å². The van der Waals surface area contributed by atoms with Crippen molar-refractivity contribution in [3.05, 3.63) is 95.1 Å². The van der Waals surface area contributed by atoms with Crippen molar-refractivity contribution < 1.29 is 17.9 Å². The van der Waals surface area contributed by atoms with Crippen molar-refractivity contribution in [1.29, 1.82) is 0 Å². The standard InChI is InChI=1S/C23H21NO4S/c1-17-5-4-8-21(15-17)28-23(25)19-9-11-22(12-10-19)29(26,27)24-14-13-18-6-2-3-7-20(18)16-24/h2-12,15H,13-14,16H2,1H3. The first kappa shape index (κ1) is 19.4. The average Bonchev–Trinajstić information content (AvgIpc) is 2.73. The van der Waals surface area contributed by atoms with Crippen molar-refractivity contribution in [3.8, 4) is 5.75 Å². The summed E-state index contributed by atoms with van der Waals surface area (Å²) in [5, 5.41) is 0. The molecule has 1 aliphatic heterocycles. The van der Waals surface area contributed by atoms with Crippen LogP contribution in [0.25, 0.3) is 0 Å². The largest absolute Gasteiger partial charge is 0.423 e. The van der Waals surface area contributed by atoms with Crippen LogP contribution in [-0.2, 0) is 23.0 Å². The number of rotatable bonds is 4. The van der Waals surface area contributed by atoms with Crippen LogP contribution in [0.2, 0.25) is 0 Å². The second-order valence-corrected chi connectivity index (χ2v) is 9.03. The monoisotopic (exact) mass is 407 g/mol. The lowest BCUT2D eigenvalue weighted by atomic mass is 10.0. The van der Waals surface area contributed by atoms with Gasteiger partial charge in [-0.15, -0.1) is 0 Å². The number of fused-ring (bicyclic) bond motifs is 1. The fourth-order valence-electron chi connectivity index (χ4n) is 3.43. The van der Waals surface area contributed by atoms with Crippen LogP contribution in [0.5, 0.6) is 5.75 Å². The number of nitrogens with zero attached hydrogens (tertiary/aromatic N) is 1. The molecule has 0 radical (unpaired) electrons. The fourth-order valence-corrected chi connectivity index (χ4v) is 4.85. The number of aryl methyl sites for hydroxylation is 1. The summed E-state index contributed by atoms with van der Waals surface area (Å²) < 4.78 is 32.9. The van der Waals surface area contributed by atoms with Gasteiger partial charge >= 0.3 is 5.97 Å². The van der Waals surface area contributed by atoms with Gasteiger partial charge in [-0.3, -0.25) is 0 Å². The zero-order valence-corrected chi connectivity index (χ0v) is 16.9. The molecule has 3 aromatic rings. The molecular formula is C23H21NO4S. The Morgan fingerprint density at radius 1 is 0.931 bits per heavy atom. The van der Waals surface area contributed by atoms with E-state index in [9.17, 15) is 13.2 Å². The van der Waals surface area contributed by atoms with E-state index in [0.717, 1.165) is 11.1 Å². The molecule has 0 saturated heterocycles. The quantitative estimate of drug-likeness (QED) is 0.485. The van der Waals surface area contributed by atoms with E-state index in [2.05, 4.69) is 0 Å². The summed E-state index contributed by atoms with van der Waals surface area (Å²) in [7, 11) is -3.63. The molecule has 4 rings (SSSR count). The first-order valence-electron chi connectivity index (χ1n) is 9.39. The number of ether oxygens (including phenoxy) is 1. The van der Waals surface area contributed by atoms with Crippen molar-refractivity contribution in [2.24, 2.45) is 0 Å². The molecule has 5 nitrogen and oxygen atoms in total. The molecule has 0 saturated carbocycles. The molecular weight excluding hydrogens is 386 g/mol. The molecule has 3 aromatic carbocycles. The van der Waals surface area contributed by atoms with Gasteiger partial charge in [0.1, 0.15) is 5.75 Å². The Morgan fingerprint density at radius 2 is 1.66 bits per heavy atom. The normalized spacial score (nSPS) is 14.2. The molecule has 0 fully saturated rings. The molecule has 1 heterocycles. The van der Waals surface area contributed by atoms with Crippen molar-refractivity contribution in [2.75, 3.05) is 6.54 Å². The summed E-state index contributed by atoms with van der Waals surface area (Å²) in [6.45, 7) is 2.71. The SMILES string of the molecule is Cc1cccc(OC(=O)c2ccc(S(=O)(=O)N3CCc4ccccc4C3)cc2)c1. The second-order valence-electron chi connectivity index (χ2n) is 7.09. The topological polar surface area (TPSA) is 63.7 Å². The lowest BCUT2D eigenvalue weighted by Gasteiger charge is -2.28. The molecule has 0 N–H and O–H groups in total. The van der Waals surface area contributed by atoms with Crippen LogP contribution in [0.3, 0.4) is 0 Å². The molecule has 0 spiro atoms. The third kappa shape index (κ3) is 4.09. The minimum absolute atomic E-state index is 0.170. The summed E-state index contributed by atoms with van der Waals surface area (Å²) in [5.41, 5.74) is 3.50. The third-order valence-corrected chi connectivity index (χ3v) is 6.88. The van der Waals surface area contributed by atoms with Crippen molar-refractivity contribution >= 4 is 16.0 Å².